The maximum Gasteiger partial charge on any atom is 0.315 e. The Morgan fingerprint density at radius 3 is 2.60 bits per heavy atom. The lowest BCUT2D eigenvalue weighted by Crippen LogP contribution is -2.36. The molecule has 0 saturated heterocycles. The molecule has 25 heavy (non-hydrogen) atoms. The monoisotopic (exact) mass is 385 g/mol. The first-order valence-corrected chi connectivity index (χ1v) is 9.21. The number of rotatable bonds is 5. The number of nitrogens with two attached hydrogens (primary N) is 1. The quantitative estimate of drug-likeness (QED) is 0.737. The Morgan fingerprint density at radius 1 is 1.28 bits per heavy atom. The molecule has 0 aliphatic carbocycles. The van der Waals surface area contributed by atoms with Crippen LogP contribution in [0.15, 0.2) is 47.4 Å². The van der Waals surface area contributed by atoms with Crippen molar-refractivity contribution in [3.8, 4) is 0 Å². The molecular weight excluding hydrogens is 369 g/mol. The van der Waals surface area contributed by atoms with Gasteiger partial charge in [-0.2, -0.15) is 0 Å². The molecule has 2 rings (SSSR count). The Labute approximate surface area is 150 Å². The highest BCUT2D eigenvalue weighted by Gasteiger charge is 2.14. The Morgan fingerprint density at radius 2 is 1.96 bits per heavy atom. The third kappa shape index (κ3) is 5.15. The van der Waals surface area contributed by atoms with Crippen LogP contribution in [0.2, 0.25) is 5.02 Å². The molecular formula is C16H17ClFN3O3S. The Hall–Kier alpha value is -2.16. The summed E-state index contributed by atoms with van der Waals surface area (Å²) in [4.78, 5) is 11.7. The molecule has 2 aromatic carbocycles. The summed E-state index contributed by atoms with van der Waals surface area (Å²) in [6, 6.07) is 9.29. The number of benzene rings is 2. The van der Waals surface area contributed by atoms with Crippen LogP contribution >= 0.6 is 11.6 Å². The van der Waals surface area contributed by atoms with Crippen LogP contribution in [0.25, 0.3) is 0 Å². The van der Waals surface area contributed by atoms with Crippen molar-refractivity contribution in [1.29, 1.82) is 0 Å². The Balaban J connectivity index is 2.02. The molecule has 1 atom stereocenters. The molecule has 2 aromatic rings. The largest absolute Gasteiger partial charge is 0.334 e. The number of halogens is 2. The number of sulfonamides is 1. The molecule has 0 aliphatic rings. The second-order valence-corrected chi connectivity index (χ2v) is 7.34. The number of hydrogen-bond donors (Lipinski definition) is 3. The maximum absolute atomic E-state index is 13.8. The predicted octanol–water partition coefficient (Wildman–Crippen LogP) is 2.69. The van der Waals surface area contributed by atoms with E-state index in [1.807, 2.05) is 0 Å². The van der Waals surface area contributed by atoms with Crippen LogP contribution in [0.4, 0.5) is 9.18 Å². The smallest absolute Gasteiger partial charge is 0.315 e. The third-order valence-corrected chi connectivity index (χ3v) is 4.76. The first-order valence-electron chi connectivity index (χ1n) is 7.28. The molecule has 0 aliphatic heterocycles. The van der Waals surface area contributed by atoms with Gasteiger partial charge in [0.15, 0.2) is 0 Å². The van der Waals surface area contributed by atoms with Crippen LogP contribution < -0.4 is 15.8 Å². The molecule has 0 saturated carbocycles. The van der Waals surface area contributed by atoms with Crippen molar-refractivity contribution in [3.05, 3.63) is 64.4 Å². The van der Waals surface area contributed by atoms with Gasteiger partial charge < -0.3 is 10.6 Å². The van der Waals surface area contributed by atoms with E-state index in [4.69, 9.17) is 16.7 Å². The van der Waals surface area contributed by atoms with Crippen molar-refractivity contribution in [2.75, 3.05) is 0 Å². The van der Waals surface area contributed by atoms with Gasteiger partial charge in [0.25, 0.3) is 0 Å². The summed E-state index contributed by atoms with van der Waals surface area (Å²) in [5.74, 6) is -0.646. The zero-order valence-electron chi connectivity index (χ0n) is 13.3. The zero-order chi connectivity index (χ0) is 18.6. The van der Waals surface area contributed by atoms with E-state index in [-0.39, 0.29) is 23.0 Å². The van der Waals surface area contributed by atoms with Gasteiger partial charge >= 0.3 is 6.03 Å². The summed E-state index contributed by atoms with van der Waals surface area (Å²) < 4.78 is 36.4. The number of urea groups is 1. The first-order chi connectivity index (χ1) is 11.7. The molecule has 1 unspecified atom stereocenters. The van der Waals surface area contributed by atoms with Gasteiger partial charge in [0, 0.05) is 17.1 Å². The van der Waals surface area contributed by atoms with Crippen molar-refractivity contribution in [2.45, 2.75) is 24.4 Å². The number of carbonyl (C=O) groups is 1. The average Bonchev–Trinajstić information content (AvgIpc) is 2.53. The highest BCUT2D eigenvalue weighted by Crippen LogP contribution is 2.22. The fourth-order valence-electron chi connectivity index (χ4n) is 2.19. The van der Waals surface area contributed by atoms with Gasteiger partial charge in [-0.1, -0.05) is 29.8 Å². The number of hydrogen-bond acceptors (Lipinski definition) is 3. The summed E-state index contributed by atoms with van der Waals surface area (Å²) in [6.45, 7) is 1.55. The molecule has 0 heterocycles. The van der Waals surface area contributed by atoms with Crippen molar-refractivity contribution < 1.29 is 17.6 Å². The topological polar surface area (TPSA) is 101 Å². The lowest BCUT2D eigenvalue weighted by molar-refractivity contribution is 0.237. The van der Waals surface area contributed by atoms with Crippen molar-refractivity contribution in [3.63, 3.8) is 0 Å². The summed E-state index contributed by atoms with van der Waals surface area (Å²) in [6.07, 6.45) is 0. The molecule has 6 nitrogen and oxygen atoms in total. The van der Waals surface area contributed by atoms with E-state index in [1.165, 1.54) is 0 Å². The van der Waals surface area contributed by atoms with E-state index in [0.717, 1.165) is 23.8 Å². The lowest BCUT2D eigenvalue weighted by Gasteiger charge is -2.16. The summed E-state index contributed by atoms with van der Waals surface area (Å²) in [5, 5.41) is 10.7. The van der Waals surface area contributed by atoms with Crippen molar-refractivity contribution in [1.82, 2.24) is 10.6 Å². The summed E-state index contributed by atoms with van der Waals surface area (Å²) in [7, 11) is -3.95. The minimum absolute atomic E-state index is 0.00655. The standard InChI is InChI=1S/C16H17ClFN3O3S/c1-10(13-4-2-3-5-14(13)17)21-16(22)20-9-11-8-12(25(19,23)24)6-7-15(11)18/h2-8,10H,9H2,1H3,(H2,19,23,24)(H2,20,21,22). The van der Waals surface area contributed by atoms with Crippen LogP contribution in [-0.4, -0.2) is 14.4 Å². The van der Waals surface area contributed by atoms with Gasteiger partial charge in [-0.3, -0.25) is 0 Å². The van der Waals surface area contributed by atoms with Crippen molar-refractivity contribution in [2.24, 2.45) is 5.14 Å². The number of amides is 2. The highest BCUT2D eigenvalue weighted by molar-refractivity contribution is 7.89. The highest BCUT2D eigenvalue weighted by atomic mass is 35.5. The van der Waals surface area contributed by atoms with E-state index in [9.17, 15) is 17.6 Å². The molecule has 0 bridgehead atoms. The number of carbonyl (C=O) groups excluding carboxylic acids is 1. The van der Waals surface area contributed by atoms with Crippen LogP contribution in [-0.2, 0) is 16.6 Å². The molecule has 2 amide bonds. The molecule has 4 N–H and O–H groups in total. The molecule has 0 fully saturated rings. The zero-order valence-corrected chi connectivity index (χ0v) is 14.9. The molecule has 0 radical (unpaired) electrons. The van der Waals surface area contributed by atoms with Gasteiger partial charge in [-0.05, 0) is 36.8 Å². The fraction of sp³-hybridized carbons (Fsp3) is 0.188. The van der Waals surface area contributed by atoms with Crippen LogP contribution in [0.5, 0.6) is 0 Å². The van der Waals surface area contributed by atoms with Gasteiger partial charge in [0.1, 0.15) is 5.82 Å². The molecule has 0 spiro atoms. The fourth-order valence-corrected chi connectivity index (χ4v) is 3.05. The van der Waals surface area contributed by atoms with E-state index >= 15 is 0 Å². The lowest BCUT2D eigenvalue weighted by atomic mass is 10.1. The first kappa shape index (κ1) is 19.2. The van der Waals surface area contributed by atoms with Gasteiger partial charge in [-0.15, -0.1) is 0 Å². The molecule has 9 heteroatoms. The van der Waals surface area contributed by atoms with Crippen LogP contribution in [0.3, 0.4) is 0 Å². The normalized spacial score (nSPS) is 12.5. The molecule has 134 valence electrons. The van der Waals surface area contributed by atoms with E-state index < -0.39 is 21.9 Å². The second kappa shape index (κ2) is 7.81. The van der Waals surface area contributed by atoms with Gasteiger partial charge in [-0.25, -0.2) is 22.7 Å². The SMILES string of the molecule is CC(NC(=O)NCc1cc(S(N)(=O)=O)ccc1F)c1ccccc1Cl. The number of primary sulfonamides is 1. The number of nitrogens with one attached hydrogen (secondary N) is 2. The minimum atomic E-state index is -3.95. The van der Waals surface area contributed by atoms with E-state index in [0.29, 0.717) is 5.02 Å². The van der Waals surface area contributed by atoms with Crippen LogP contribution in [0.1, 0.15) is 24.1 Å². The maximum atomic E-state index is 13.8. The third-order valence-electron chi connectivity index (χ3n) is 3.50. The van der Waals surface area contributed by atoms with E-state index in [2.05, 4.69) is 10.6 Å². The van der Waals surface area contributed by atoms with Crippen molar-refractivity contribution >= 4 is 27.7 Å². The molecule has 0 aromatic heterocycles. The average molecular weight is 386 g/mol. The van der Waals surface area contributed by atoms with Gasteiger partial charge in [0.2, 0.25) is 10.0 Å². The minimum Gasteiger partial charge on any atom is -0.334 e. The van der Waals surface area contributed by atoms with Crippen LogP contribution in [0, 0.1) is 5.82 Å². The van der Waals surface area contributed by atoms with E-state index in [1.54, 1.807) is 31.2 Å². The second-order valence-electron chi connectivity index (χ2n) is 5.37. The Bertz CT molecular complexity index is 890. The predicted molar refractivity (Wildman–Crippen MR) is 93.0 cm³/mol. The van der Waals surface area contributed by atoms with Gasteiger partial charge in [0.05, 0.1) is 10.9 Å². The Kier molecular flexibility index (Phi) is 5.99. The summed E-state index contributed by atoms with van der Waals surface area (Å²) >= 11 is 6.07. The summed E-state index contributed by atoms with van der Waals surface area (Å²) in [5.41, 5.74) is 0.744.